The van der Waals surface area contributed by atoms with E-state index in [9.17, 15) is 5.26 Å². The molecule has 3 aliphatic rings. The highest BCUT2D eigenvalue weighted by molar-refractivity contribution is 6.29. The topological polar surface area (TPSA) is 98.3 Å². The van der Waals surface area contributed by atoms with Crippen LogP contribution in [0.25, 0.3) is 11.0 Å². The van der Waals surface area contributed by atoms with Crippen molar-refractivity contribution < 1.29 is 14.2 Å². The van der Waals surface area contributed by atoms with E-state index in [1.54, 1.807) is 24.5 Å². The molecule has 0 bridgehead atoms. The van der Waals surface area contributed by atoms with Crippen LogP contribution in [0.2, 0.25) is 5.15 Å². The summed E-state index contributed by atoms with van der Waals surface area (Å²) < 4.78 is 20.7. The first kappa shape index (κ1) is 25.3. The number of hydrogen-bond donors (Lipinski definition) is 0. The third kappa shape index (κ3) is 4.56. The molecule has 0 saturated carbocycles. The summed E-state index contributed by atoms with van der Waals surface area (Å²) in [5.41, 5.74) is 4.16. The van der Waals surface area contributed by atoms with Crippen molar-refractivity contribution in [2.75, 3.05) is 19.7 Å². The van der Waals surface area contributed by atoms with Gasteiger partial charge in [-0.3, -0.25) is 4.90 Å². The number of benzene rings is 1. The Bertz CT molecular complexity index is 1600. The number of para-hydroxylation sites is 1. The maximum atomic E-state index is 9.30. The second-order valence-corrected chi connectivity index (χ2v) is 11.2. The minimum atomic E-state index is -0.944. The Kier molecular flexibility index (Phi) is 6.34. The summed E-state index contributed by atoms with van der Waals surface area (Å²) in [6, 6.07) is 13.7. The van der Waals surface area contributed by atoms with Gasteiger partial charge in [0, 0.05) is 31.4 Å². The van der Waals surface area contributed by atoms with Gasteiger partial charge in [-0.2, -0.15) is 5.26 Å². The number of likely N-dealkylation sites (tertiary alicyclic amines) is 1. The van der Waals surface area contributed by atoms with Crippen LogP contribution in [-0.2, 0) is 23.6 Å². The lowest BCUT2D eigenvalue weighted by Crippen LogP contribution is -2.35. The lowest BCUT2D eigenvalue weighted by atomic mass is 9.88. The number of pyridine rings is 2. The van der Waals surface area contributed by atoms with Gasteiger partial charge in [-0.1, -0.05) is 23.7 Å². The fourth-order valence-corrected chi connectivity index (χ4v) is 6.04. The Hall–Kier alpha value is -3.71. The smallest absolute Gasteiger partial charge is 0.277 e. The first-order valence-electron chi connectivity index (χ1n) is 13.7. The predicted octanol–water partition coefficient (Wildman–Crippen LogP) is 5.16. The van der Waals surface area contributed by atoms with Gasteiger partial charge in [0.1, 0.15) is 22.7 Å². The molecule has 0 radical (unpaired) electrons. The Morgan fingerprint density at radius 2 is 1.95 bits per heavy atom. The van der Waals surface area contributed by atoms with E-state index in [4.69, 9.17) is 30.8 Å². The molecule has 2 saturated heterocycles. The third-order valence-electron chi connectivity index (χ3n) is 8.26. The van der Waals surface area contributed by atoms with Crippen LogP contribution in [0.4, 0.5) is 0 Å². The molecule has 1 unspecified atom stereocenters. The standard InChI is InChI=1S/C30H29ClN6O3/c1-30(20-5-6-27(31)34-15-20)39-26-4-2-3-23(29(26)40-30)19-7-10-36(11-8-19)18-28-35-24-13-21(14-32)33-16-25(24)37(28)17-22-9-12-38-22/h2-6,13,15-16,19,22H,7-12,17-18H2,1H3/t22-,30?/m0/s1. The average molecular weight is 557 g/mol. The number of ether oxygens (including phenoxy) is 3. The second-order valence-electron chi connectivity index (χ2n) is 10.8. The van der Waals surface area contributed by atoms with Crippen molar-refractivity contribution in [2.45, 2.75) is 57.1 Å². The van der Waals surface area contributed by atoms with E-state index in [1.165, 1.54) is 5.56 Å². The van der Waals surface area contributed by atoms with Gasteiger partial charge in [-0.05, 0) is 56.5 Å². The molecule has 6 heterocycles. The predicted molar refractivity (Wildman–Crippen MR) is 148 cm³/mol. The molecule has 0 amide bonds. The minimum absolute atomic E-state index is 0.203. The number of hydrogen-bond acceptors (Lipinski definition) is 8. The van der Waals surface area contributed by atoms with Gasteiger partial charge in [0.05, 0.1) is 42.0 Å². The van der Waals surface area contributed by atoms with Crippen LogP contribution < -0.4 is 9.47 Å². The lowest BCUT2D eigenvalue weighted by Gasteiger charge is -2.33. The van der Waals surface area contributed by atoms with E-state index in [2.05, 4.69) is 31.6 Å². The summed E-state index contributed by atoms with van der Waals surface area (Å²) in [6.07, 6.45) is 6.73. The maximum absolute atomic E-state index is 9.30. The third-order valence-corrected chi connectivity index (χ3v) is 8.49. The summed E-state index contributed by atoms with van der Waals surface area (Å²) in [5.74, 6) is 1.99. The van der Waals surface area contributed by atoms with Crippen molar-refractivity contribution in [2.24, 2.45) is 0 Å². The van der Waals surface area contributed by atoms with Gasteiger partial charge < -0.3 is 18.8 Å². The van der Waals surface area contributed by atoms with Crippen LogP contribution in [0, 0.1) is 11.3 Å². The summed E-state index contributed by atoms with van der Waals surface area (Å²) in [7, 11) is 0. The molecule has 7 rings (SSSR count). The zero-order valence-electron chi connectivity index (χ0n) is 22.2. The Balaban J connectivity index is 1.07. The molecular weight excluding hydrogens is 528 g/mol. The zero-order valence-corrected chi connectivity index (χ0v) is 23.0. The van der Waals surface area contributed by atoms with E-state index in [1.807, 2.05) is 25.1 Å². The van der Waals surface area contributed by atoms with Gasteiger partial charge in [0.25, 0.3) is 5.79 Å². The van der Waals surface area contributed by atoms with Crippen molar-refractivity contribution in [1.82, 2.24) is 24.4 Å². The van der Waals surface area contributed by atoms with Crippen LogP contribution in [0.15, 0.2) is 48.8 Å². The Morgan fingerprint density at radius 1 is 1.10 bits per heavy atom. The molecular formula is C30H29ClN6O3. The van der Waals surface area contributed by atoms with Crippen LogP contribution in [0.1, 0.15) is 54.7 Å². The number of fused-ring (bicyclic) bond motifs is 2. The lowest BCUT2D eigenvalue weighted by molar-refractivity contribution is -0.0687. The monoisotopic (exact) mass is 556 g/mol. The largest absolute Gasteiger partial charge is 0.444 e. The van der Waals surface area contributed by atoms with Gasteiger partial charge in [0.15, 0.2) is 11.5 Å². The van der Waals surface area contributed by atoms with Gasteiger partial charge in [-0.25, -0.2) is 15.0 Å². The number of nitriles is 1. The molecule has 0 spiro atoms. The molecule has 4 aromatic rings. The number of halogens is 1. The summed E-state index contributed by atoms with van der Waals surface area (Å²) >= 11 is 5.99. The highest BCUT2D eigenvalue weighted by atomic mass is 35.5. The summed E-state index contributed by atoms with van der Waals surface area (Å²) in [6.45, 7) is 6.11. The first-order chi connectivity index (χ1) is 19.5. The van der Waals surface area contributed by atoms with Gasteiger partial charge >= 0.3 is 0 Å². The normalized spacial score (nSPS) is 22.8. The Labute approximate surface area is 237 Å². The second kappa shape index (κ2) is 10.0. The molecule has 9 nitrogen and oxygen atoms in total. The van der Waals surface area contributed by atoms with Crippen LogP contribution in [0.5, 0.6) is 11.5 Å². The average Bonchev–Trinajstić information content (AvgIpc) is 3.47. The SMILES string of the molecule is CC1(c2ccc(Cl)nc2)Oc2cccc(C3CCN(Cc4nc5cc(C#N)ncc5n4C[C@@H]4CCO4)CC3)c2O1. The molecule has 2 atom stereocenters. The fraction of sp³-hybridized carbons (Fsp3) is 0.400. The number of aromatic nitrogens is 4. The number of rotatable bonds is 6. The first-order valence-corrected chi connectivity index (χ1v) is 14.1. The molecule has 10 heteroatoms. The van der Waals surface area contributed by atoms with Crippen molar-refractivity contribution in [3.8, 4) is 17.6 Å². The summed E-state index contributed by atoms with van der Waals surface area (Å²) in [5, 5.41) is 9.74. The molecule has 204 valence electrons. The maximum Gasteiger partial charge on any atom is 0.277 e. The molecule has 1 aromatic carbocycles. The Morgan fingerprint density at radius 3 is 2.67 bits per heavy atom. The zero-order chi connectivity index (χ0) is 27.3. The quantitative estimate of drug-likeness (QED) is 0.300. The molecule has 3 aliphatic heterocycles. The molecule has 3 aromatic heterocycles. The molecule has 0 aliphatic carbocycles. The molecule has 2 fully saturated rings. The van der Waals surface area contributed by atoms with Crippen molar-refractivity contribution in [1.29, 1.82) is 5.26 Å². The highest BCUT2D eigenvalue weighted by Gasteiger charge is 2.41. The van der Waals surface area contributed by atoms with Crippen LogP contribution >= 0.6 is 11.6 Å². The van der Waals surface area contributed by atoms with Gasteiger partial charge in [0.2, 0.25) is 0 Å². The highest BCUT2D eigenvalue weighted by Crippen LogP contribution is 2.49. The number of imidazole rings is 1. The number of nitrogens with zero attached hydrogens (tertiary/aromatic N) is 6. The van der Waals surface area contributed by atoms with E-state index in [-0.39, 0.29) is 6.10 Å². The molecule has 0 N–H and O–H groups in total. The van der Waals surface area contributed by atoms with Crippen molar-refractivity contribution in [3.63, 3.8) is 0 Å². The van der Waals surface area contributed by atoms with E-state index < -0.39 is 5.79 Å². The van der Waals surface area contributed by atoms with Crippen LogP contribution in [-0.4, -0.2) is 50.2 Å². The van der Waals surface area contributed by atoms with E-state index >= 15 is 0 Å². The summed E-state index contributed by atoms with van der Waals surface area (Å²) in [4.78, 5) is 15.9. The minimum Gasteiger partial charge on any atom is -0.444 e. The van der Waals surface area contributed by atoms with Gasteiger partial charge in [-0.15, -0.1) is 0 Å². The fourth-order valence-electron chi connectivity index (χ4n) is 5.92. The molecule has 40 heavy (non-hydrogen) atoms. The van der Waals surface area contributed by atoms with E-state index in [0.717, 1.165) is 86.0 Å². The van der Waals surface area contributed by atoms with E-state index in [0.29, 0.717) is 16.8 Å². The number of piperidine rings is 1. The van der Waals surface area contributed by atoms with Crippen molar-refractivity contribution in [3.05, 3.63) is 76.6 Å². The van der Waals surface area contributed by atoms with Crippen molar-refractivity contribution >= 4 is 22.6 Å². The van der Waals surface area contributed by atoms with Crippen LogP contribution in [0.3, 0.4) is 0 Å².